The second-order valence-corrected chi connectivity index (χ2v) is 7.20. The molecule has 1 heterocycles. The van der Waals surface area contributed by atoms with Crippen molar-refractivity contribution in [1.29, 1.82) is 0 Å². The highest BCUT2D eigenvalue weighted by atomic mass is 79.9. The largest absolute Gasteiger partial charge is 0.348 e. The third kappa shape index (κ3) is 3.64. The van der Waals surface area contributed by atoms with E-state index in [-0.39, 0.29) is 6.61 Å². The minimum atomic E-state index is -3.15. The van der Waals surface area contributed by atoms with Crippen LogP contribution in [-0.2, 0) is 14.0 Å². The monoisotopic (exact) mass is 350 g/mol. The Morgan fingerprint density at radius 2 is 2.47 bits per heavy atom. The predicted octanol–water partition coefficient (Wildman–Crippen LogP) is 2.20. The molecule has 9 heteroatoms. The van der Waals surface area contributed by atoms with Crippen LogP contribution in [0.3, 0.4) is 0 Å². The summed E-state index contributed by atoms with van der Waals surface area (Å²) in [6.45, 7) is 1.18. The third-order valence-corrected chi connectivity index (χ3v) is 5.77. The Labute approximate surface area is 114 Å². The highest BCUT2D eigenvalue weighted by Gasteiger charge is 2.44. The van der Waals surface area contributed by atoms with E-state index in [2.05, 4.69) is 20.8 Å². The van der Waals surface area contributed by atoms with E-state index in [9.17, 15) is 4.57 Å². The summed E-state index contributed by atoms with van der Waals surface area (Å²) in [6.07, 6.45) is -0.132. The van der Waals surface area contributed by atoms with E-state index >= 15 is 0 Å². The molecule has 0 aromatic heterocycles. The first-order valence-corrected chi connectivity index (χ1v) is 8.44. The molecular formula is C8H17BrClN2O4P. The Kier molecular flexibility index (Phi) is 6.91. The number of rotatable bonds is 6. The van der Waals surface area contributed by atoms with Crippen LogP contribution in [0.25, 0.3) is 0 Å². The second kappa shape index (κ2) is 7.40. The van der Waals surface area contributed by atoms with Crippen molar-refractivity contribution in [3.05, 3.63) is 0 Å². The predicted molar refractivity (Wildman–Crippen MR) is 69.5 cm³/mol. The molecule has 1 saturated heterocycles. The van der Waals surface area contributed by atoms with Gasteiger partial charge in [-0.25, -0.2) is 9.56 Å². The quantitative estimate of drug-likeness (QED) is 0.343. The maximum absolute atomic E-state index is 12.8. The molecule has 0 aromatic carbocycles. The molecule has 6 nitrogen and oxygen atoms in total. The molecule has 0 spiro atoms. The fourth-order valence-corrected chi connectivity index (χ4v) is 4.96. The molecule has 1 aliphatic heterocycles. The van der Waals surface area contributed by atoms with Gasteiger partial charge in [0.25, 0.3) is 0 Å². The van der Waals surface area contributed by atoms with Gasteiger partial charge in [-0.05, 0) is 7.05 Å². The number of hydrogen-bond donors (Lipinski definition) is 1. The lowest BCUT2D eigenvalue weighted by molar-refractivity contribution is -0.309. The van der Waals surface area contributed by atoms with Crippen molar-refractivity contribution in [2.75, 3.05) is 38.0 Å². The van der Waals surface area contributed by atoms with Gasteiger partial charge < -0.3 is 4.52 Å². The molecule has 0 aliphatic carbocycles. The van der Waals surface area contributed by atoms with Crippen molar-refractivity contribution in [2.45, 2.75) is 12.6 Å². The fourth-order valence-electron chi connectivity index (χ4n) is 1.67. The first-order valence-electron chi connectivity index (χ1n) is 5.25. The topological polar surface area (TPSA) is 62.2 Å². The number of halogens is 2. The minimum Gasteiger partial charge on any atom is -0.306 e. The Balaban J connectivity index is 2.87. The maximum Gasteiger partial charge on any atom is 0.348 e. The van der Waals surface area contributed by atoms with E-state index in [1.165, 1.54) is 4.67 Å². The number of alkyl halides is 2. The summed E-state index contributed by atoms with van der Waals surface area (Å²) < 4.78 is 21.3. The van der Waals surface area contributed by atoms with Gasteiger partial charge in [0.1, 0.15) is 0 Å². The molecule has 1 rings (SSSR count). The van der Waals surface area contributed by atoms with Gasteiger partial charge in [0, 0.05) is 30.7 Å². The van der Waals surface area contributed by atoms with Crippen molar-refractivity contribution in [3.63, 3.8) is 0 Å². The lowest BCUT2D eigenvalue weighted by Crippen LogP contribution is -2.44. The van der Waals surface area contributed by atoms with Crippen molar-refractivity contribution >= 4 is 35.2 Å². The van der Waals surface area contributed by atoms with Crippen LogP contribution in [0, 0.1) is 0 Å². The summed E-state index contributed by atoms with van der Waals surface area (Å²) >= 11 is 8.93. The molecular weight excluding hydrogens is 334 g/mol. The first kappa shape index (κ1) is 15.9. The average Bonchev–Trinajstić information content (AvgIpc) is 2.32. The summed E-state index contributed by atoms with van der Waals surface area (Å²) in [4.78, 5) is 4.37. The van der Waals surface area contributed by atoms with Gasteiger partial charge in [-0.2, -0.15) is 4.67 Å². The van der Waals surface area contributed by atoms with E-state index < -0.39 is 13.9 Å². The summed E-state index contributed by atoms with van der Waals surface area (Å²) in [5.41, 5.74) is 0. The Morgan fingerprint density at radius 3 is 3.00 bits per heavy atom. The van der Waals surface area contributed by atoms with Crippen LogP contribution in [0.1, 0.15) is 6.42 Å². The Morgan fingerprint density at radius 1 is 1.76 bits per heavy atom. The van der Waals surface area contributed by atoms with E-state index in [4.69, 9.17) is 21.4 Å². The van der Waals surface area contributed by atoms with Gasteiger partial charge in [0.05, 0.1) is 6.61 Å². The molecule has 0 radical (unpaired) electrons. The zero-order chi connectivity index (χ0) is 12.9. The zero-order valence-corrected chi connectivity index (χ0v) is 12.8. The van der Waals surface area contributed by atoms with Gasteiger partial charge in [0.15, 0.2) is 6.23 Å². The maximum atomic E-state index is 12.8. The van der Waals surface area contributed by atoms with Gasteiger partial charge >= 0.3 is 7.67 Å². The molecule has 17 heavy (non-hydrogen) atoms. The SMILES string of the molecule is CN(CCCl)P1(=O)OCCC(OO)N1CCBr. The highest BCUT2D eigenvalue weighted by Crippen LogP contribution is 2.57. The van der Waals surface area contributed by atoms with Gasteiger partial charge in [-0.15, -0.1) is 11.6 Å². The smallest absolute Gasteiger partial charge is 0.306 e. The van der Waals surface area contributed by atoms with E-state index in [1.54, 1.807) is 11.7 Å². The molecule has 1 fully saturated rings. The molecule has 0 aromatic rings. The van der Waals surface area contributed by atoms with Crippen LogP contribution in [0.4, 0.5) is 0 Å². The standard InChI is InChI=1S/C8H17BrClN2O4P/c1-11(6-4-10)17(14)12(5-3-9)8(16-13)2-7-15-17/h8,13H,2-7H2,1H3. The van der Waals surface area contributed by atoms with Crippen LogP contribution >= 0.6 is 35.2 Å². The van der Waals surface area contributed by atoms with Crippen LogP contribution in [0.5, 0.6) is 0 Å². The van der Waals surface area contributed by atoms with Crippen molar-refractivity contribution in [1.82, 2.24) is 9.34 Å². The number of nitrogens with zero attached hydrogens (tertiary/aromatic N) is 2. The van der Waals surface area contributed by atoms with Crippen LogP contribution < -0.4 is 0 Å². The molecule has 1 N–H and O–H groups in total. The lowest BCUT2D eigenvalue weighted by Gasteiger charge is -2.42. The third-order valence-electron chi connectivity index (χ3n) is 2.56. The normalized spacial score (nSPS) is 31.0. The average molecular weight is 352 g/mol. The molecule has 1 aliphatic rings. The van der Waals surface area contributed by atoms with Gasteiger partial charge in [0.2, 0.25) is 0 Å². The fraction of sp³-hybridized carbons (Fsp3) is 1.00. The molecule has 2 unspecified atom stereocenters. The molecule has 102 valence electrons. The zero-order valence-electron chi connectivity index (χ0n) is 9.59. The summed E-state index contributed by atoms with van der Waals surface area (Å²) in [5.74, 6) is 0.358. The van der Waals surface area contributed by atoms with Crippen LogP contribution in [-0.4, -0.2) is 58.8 Å². The Bertz CT molecular complexity index is 286. The Hall–Kier alpha value is 0.800. The molecule has 0 amide bonds. The lowest BCUT2D eigenvalue weighted by atomic mass is 10.4. The minimum absolute atomic E-state index is 0.286. The van der Waals surface area contributed by atoms with Crippen LogP contribution in [0.15, 0.2) is 0 Å². The van der Waals surface area contributed by atoms with Crippen molar-refractivity contribution in [3.8, 4) is 0 Å². The molecule has 2 atom stereocenters. The van der Waals surface area contributed by atoms with E-state index in [0.717, 1.165) is 0 Å². The number of hydrogen-bond acceptors (Lipinski definition) is 4. The molecule has 0 saturated carbocycles. The van der Waals surface area contributed by atoms with E-state index in [0.29, 0.717) is 30.7 Å². The summed E-state index contributed by atoms with van der Waals surface area (Å²) in [5, 5.41) is 9.46. The highest BCUT2D eigenvalue weighted by molar-refractivity contribution is 9.09. The van der Waals surface area contributed by atoms with Gasteiger partial charge in [-0.3, -0.25) is 9.82 Å². The summed E-state index contributed by atoms with van der Waals surface area (Å²) in [6, 6.07) is 0. The molecule has 0 bridgehead atoms. The van der Waals surface area contributed by atoms with Crippen LogP contribution in [0.2, 0.25) is 0 Å². The van der Waals surface area contributed by atoms with Gasteiger partial charge in [-0.1, -0.05) is 15.9 Å². The van der Waals surface area contributed by atoms with E-state index in [1.807, 2.05) is 0 Å². The second-order valence-electron chi connectivity index (χ2n) is 3.59. The summed E-state index contributed by atoms with van der Waals surface area (Å²) in [7, 11) is -1.47. The van der Waals surface area contributed by atoms with Crippen molar-refractivity contribution in [2.24, 2.45) is 0 Å². The first-order chi connectivity index (χ1) is 8.10. The van der Waals surface area contributed by atoms with Crippen molar-refractivity contribution < 1.29 is 19.2 Å².